The fraction of sp³-hybridized carbons (Fsp3) is 0.556. The molecule has 15 heavy (non-hydrogen) atoms. The molecule has 1 fully saturated rings. The second-order valence-electron chi connectivity index (χ2n) is 3.14. The Hall–Kier alpha value is -1.56. The van der Waals surface area contributed by atoms with Gasteiger partial charge in [-0.1, -0.05) is 0 Å². The van der Waals surface area contributed by atoms with Crippen LogP contribution in [0.5, 0.6) is 0 Å². The van der Waals surface area contributed by atoms with Crippen LogP contribution in [0.1, 0.15) is 12.8 Å². The number of amides is 2. The quantitative estimate of drug-likeness (QED) is 0.620. The van der Waals surface area contributed by atoms with E-state index >= 15 is 0 Å². The van der Waals surface area contributed by atoms with Crippen LogP contribution in [0.15, 0.2) is 11.8 Å². The topological polar surface area (TPSA) is 87.7 Å². The zero-order valence-electron chi connectivity index (χ0n) is 8.28. The molecule has 1 saturated heterocycles. The van der Waals surface area contributed by atoms with Crippen molar-refractivity contribution in [3.8, 4) is 0 Å². The van der Waals surface area contributed by atoms with Gasteiger partial charge in [0.25, 0.3) is 0 Å². The predicted octanol–water partition coefficient (Wildman–Crippen LogP) is 0.0645. The Morgan fingerprint density at radius 2 is 2.07 bits per heavy atom. The van der Waals surface area contributed by atoms with Gasteiger partial charge in [-0.3, -0.25) is 4.79 Å². The van der Waals surface area contributed by atoms with Crippen LogP contribution in [0.25, 0.3) is 0 Å². The lowest BCUT2D eigenvalue weighted by atomic mass is 10.1. The molecular formula is C9H14N2O4. The monoisotopic (exact) mass is 214 g/mol. The van der Waals surface area contributed by atoms with Crippen LogP contribution in [0.4, 0.5) is 4.79 Å². The molecule has 0 spiro atoms. The number of hydrogen-bond donors (Lipinski definition) is 3. The van der Waals surface area contributed by atoms with Crippen LogP contribution in [-0.2, 0) is 9.53 Å². The van der Waals surface area contributed by atoms with Crippen LogP contribution in [0, 0.1) is 0 Å². The number of carbonyl (C=O) groups excluding carboxylic acids is 1. The Morgan fingerprint density at radius 1 is 1.40 bits per heavy atom. The van der Waals surface area contributed by atoms with Crippen molar-refractivity contribution in [2.75, 3.05) is 19.8 Å². The van der Waals surface area contributed by atoms with Gasteiger partial charge in [0.05, 0.1) is 13.2 Å². The first-order chi connectivity index (χ1) is 7.18. The minimum atomic E-state index is -1.07. The van der Waals surface area contributed by atoms with Crippen LogP contribution in [0.2, 0.25) is 0 Å². The standard InChI is InChI=1S/C9H14N2O4/c12-8(13)6-11-9(14)10-5-7-1-3-15-4-2-7/h5H,1-4,6H2,(H,12,13)(H2,10,11,14). The van der Waals surface area contributed by atoms with Crippen LogP contribution >= 0.6 is 0 Å². The molecule has 0 aromatic rings. The number of carbonyl (C=O) groups is 2. The lowest BCUT2D eigenvalue weighted by Crippen LogP contribution is -2.36. The Kier molecular flexibility index (Phi) is 4.62. The summed E-state index contributed by atoms with van der Waals surface area (Å²) in [4.78, 5) is 21.2. The summed E-state index contributed by atoms with van der Waals surface area (Å²) < 4.78 is 5.14. The zero-order valence-corrected chi connectivity index (χ0v) is 8.28. The van der Waals surface area contributed by atoms with E-state index in [-0.39, 0.29) is 6.54 Å². The fourth-order valence-corrected chi connectivity index (χ4v) is 1.15. The van der Waals surface area contributed by atoms with E-state index in [1.54, 1.807) is 6.20 Å². The first-order valence-electron chi connectivity index (χ1n) is 4.70. The summed E-state index contributed by atoms with van der Waals surface area (Å²) in [7, 11) is 0. The average molecular weight is 214 g/mol. The first kappa shape index (κ1) is 11.5. The maximum absolute atomic E-state index is 11.0. The predicted molar refractivity (Wildman–Crippen MR) is 52.3 cm³/mol. The molecule has 1 heterocycles. The van der Waals surface area contributed by atoms with Crippen LogP contribution in [-0.4, -0.2) is 36.9 Å². The van der Waals surface area contributed by atoms with Crippen molar-refractivity contribution in [3.05, 3.63) is 11.8 Å². The smallest absolute Gasteiger partial charge is 0.323 e. The number of hydrogen-bond acceptors (Lipinski definition) is 3. The van der Waals surface area contributed by atoms with Gasteiger partial charge >= 0.3 is 12.0 Å². The third-order valence-corrected chi connectivity index (χ3v) is 1.94. The summed E-state index contributed by atoms with van der Waals surface area (Å²) in [6.45, 7) is 0.965. The van der Waals surface area contributed by atoms with Crippen molar-refractivity contribution in [1.29, 1.82) is 0 Å². The van der Waals surface area contributed by atoms with E-state index in [0.717, 1.165) is 18.4 Å². The molecule has 0 saturated carbocycles. The second-order valence-corrected chi connectivity index (χ2v) is 3.14. The number of carboxylic acids is 1. The highest BCUT2D eigenvalue weighted by atomic mass is 16.5. The van der Waals surface area contributed by atoms with Gasteiger partial charge in [0, 0.05) is 6.20 Å². The van der Waals surface area contributed by atoms with E-state index in [1.165, 1.54) is 0 Å². The summed E-state index contributed by atoms with van der Waals surface area (Å²) in [5, 5.41) is 13.0. The van der Waals surface area contributed by atoms with Crippen LogP contribution in [0.3, 0.4) is 0 Å². The van der Waals surface area contributed by atoms with E-state index in [9.17, 15) is 9.59 Å². The van der Waals surface area contributed by atoms with Gasteiger partial charge in [-0.2, -0.15) is 0 Å². The molecule has 0 aromatic heterocycles. The Bertz CT molecular complexity index is 267. The van der Waals surface area contributed by atoms with Crippen molar-refractivity contribution in [2.45, 2.75) is 12.8 Å². The zero-order chi connectivity index (χ0) is 11.1. The molecular weight excluding hydrogens is 200 g/mol. The number of aliphatic carboxylic acids is 1. The van der Waals surface area contributed by atoms with Crippen molar-refractivity contribution >= 4 is 12.0 Å². The summed E-state index contributed by atoms with van der Waals surface area (Å²) in [6.07, 6.45) is 3.22. The Morgan fingerprint density at radius 3 is 2.67 bits per heavy atom. The minimum Gasteiger partial charge on any atom is -0.480 e. The molecule has 6 heteroatoms. The van der Waals surface area contributed by atoms with E-state index in [1.807, 2.05) is 0 Å². The minimum absolute atomic E-state index is 0.377. The molecule has 1 aliphatic heterocycles. The van der Waals surface area contributed by atoms with E-state index in [4.69, 9.17) is 9.84 Å². The highest BCUT2D eigenvalue weighted by Gasteiger charge is 2.06. The second kappa shape index (κ2) is 6.02. The molecule has 3 N–H and O–H groups in total. The van der Waals surface area contributed by atoms with Gasteiger partial charge < -0.3 is 20.5 Å². The summed E-state index contributed by atoms with van der Waals surface area (Å²) in [6, 6.07) is -0.503. The molecule has 0 bridgehead atoms. The van der Waals surface area contributed by atoms with E-state index in [0.29, 0.717) is 13.2 Å². The highest BCUT2D eigenvalue weighted by Crippen LogP contribution is 2.11. The van der Waals surface area contributed by atoms with Crippen molar-refractivity contribution in [2.24, 2.45) is 0 Å². The van der Waals surface area contributed by atoms with E-state index in [2.05, 4.69) is 10.6 Å². The molecule has 84 valence electrons. The van der Waals surface area contributed by atoms with Gasteiger partial charge in [-0.25, -0.2) is 4.79 Å². The summed E-state index contributed by atoms with van der Waals surface area (Å²) >= 11 is 0. The van der Waals surface area contributed by atoms with Crippen LogP contribution < -0.4 is 10.6 Å². The SMILES string of the molecule is O=C(O)CNC(=O)NC=C1CCOCC1. The molecule has 0 unspecified atom stereocenters. The summed E-state index contributed by atoms with van der Waals surface area (Å²) in [5.41, 5.74) is 1.10. The van der Waals surface area contributed by atoms with Crippen molar-refractivity contribution in [1.82, 2.24) is 10.6 Å². The molecule has 0 atom stereocenters. The number of ether oxygens (including phenoxy) is 1. The number of urea groups is 1. The number of carboxylic acid groups (broad SMARTS) is 1. The number of nitrogens with one attached hydrogen (secondary N) is 2. The molecule has 2 amide bonds. The van der Waals surface area contributed by atoms with Gasteiger partial charge in [0.2, 0.25) is 0 Å². The Balaban J connectivity index is 2.22. The number of rotatable bonds is 3. The fourth-order valence-electron chi connectivity index (χ4n) is 1.15. The first-order valence-corrected chi connectivity index (χ1v) is 4.70. The highest BCUT2D eigenvalue weighted by molar-refractivity contribution is 5.80. The van der Waals surface area contributed by atoms with Gasteiger partial charge in [0.15, 0.2) is 0 Å². The molecule has 6 nitrogen and oxygen atoms in total. The van der Waals surface area contributed by atoms with Gasteiger partial charge in [-0.05, 0) is 18.4 Å². The third kappa shape index (κ3) is 5.02. The lowest BCUT2D eigenvalue weighted by Gasteiger charge is -2.14. The maximum Gasteiger partial charge on any atom is 0.323 e. The molecule has 0 radical (unpaired) electrons. The van der Waals surface area contributed by atoms with Crippen molar-refractivity contribution < 1.29 is 19.4 Å². The van der Waals surface area contributed by atoms with Crippen molar-refractivity contribution in [3.63, 3.8) is 0 Å². The largest absolute Gasteiger partial charge is 0.480 e. The molecule has 1 aliphatic rings. The molecule has 0 aromatic carbocycles. The normalized spacial score (nSPS) is 15.6. The molecule has 1 rings (SSSR count). The maximum atomic E-state index is 11.0. The lowest BCUT2D eigenvalue weighted by molar-refractivity contribution is -0.135. The van der Waals surface area contributed by atoms with E-state index < -0.39 is 12.0 Å². The molecule has 0 aliphatic carbocycles. The average Bonchev–Trinajstić information content (AvgIpc) is 2.25. The van der Waals surface area contributed by atoms with Gasteiger partial charge in [-0.15, -0.1) is 0 Å². The third-order valence-electron chi connectivity index (χ3n) is 1.94. The Labute approximate surface area is 87.3 Å². The van der Waals surface area contributed by atoms with Gasteiger partial charge in [0.1, 0.15) is 6.54 Å². The summed E-state index contributed by atoms with van der Waals surface area (Å²) in [5.74, 6) is -1.07.